The predicted octanol–water partition coefficient (Wildman–Crippen LogP) is 3.01. The van der Waals surface area contributed by atoms with Crippen LogP contribution in [-0.4, -0.2) is 65.9 Å². The molecule has 0 aliphatic carbocycles. The molecule has 1 saturated heterocycles. The van der Waals surface area contributed by atoms with Crippen molar-refractivity contribution in [3.8, 4) is 0 Å². The van der Waals surface area contributed by atoms with E-state index in [0.717, 1.165) is 5.56 Å². The van der Waals surface area contributed by atoms with Crippen LogP contribution in [0.25, 0.3) is 0 Å². The summed E-state index contributed by atoms with van der Waals surface area (Å²) in [7, 11) is 0. The molecule has 0 spiro atoms. The van der Waals surface area contributed by atoms with Gasteiger partial charge in [-0.1, -0.05) is 30.3 Å². The number of amides is 1. The predicted molar refractivity (Wildman–Crippen MR) is 100.0 cm³/mol. The number of alkyl halides is 1. The second kappa shape index (κ2) is 9.17. The van der Waals surface area contributed by atoms with Crippen LogP contribution in [0.5, 0.6) is 0 Å². The Morgan fingerprint density at radius 1 is 1.19 bits per heavy atom. The van der Waals surface area contributed by atoms with Gasteiger partial charge in [-0.25, -0.2) is 9.18 Å². The third kappa shape index (κ3) is 6.50. The summed E-state index contributed by atoms with van der Waals surface area (Å²) < 4.78 is 24.2. The van der Waals surface area contributed by atoms with Crippen molar-refractivity contribution >= 4 is 12.1 Å². The molecule has 2 rings (SSSR count). The van der Waals surface area contributed by atoms with Crippen LogP contribution in [0.3, 0.4) is 0 Å². The summed E-state index contributed by atoms with van der Waals surface area (Å²) in [5.41, 5.74) is 0.288. The van der Waals surface area contributed by atoms with Gasteiger partial charge in [0.15, 0.2) is 0 Å². The average Bonchev–Trinajstić information content (AvgIpc) is 2.59. The quantitative estimate of drug-likeness (QED) is 0.735. The largest absolute Gasteiger partial charge is 0.460 e. The first-order valence-corrected chi connectivity index (χ1v) is 9.19. The zero-order valence-corrected chi connectivity index (χ0v) is 16.5. The molecular formula is C20H29FN2O4. The minimum absolute atomic E-state index is 0.00603. The molecule has 1 aromatic carbocycles. The number of nitrogens with zero attached hydrogens (tertiary/aromatic N) is 2. The summed E-state index contributed by atoms with van der Waals surface area (Å²) >= 11 is 0. The van der Waals surface area contributed by atoms with Crippen molar-refractivity contribution in [1.82, 2.24) is 9.80 Å². The summed E-state index contributed by atoms with van der Waals surface area (Å²) in [4.78, 5) is 27.8. The van der Waals surface area contributed by atoms with Gasteiger partial charge in [0.05, 0.1) is 12.6 Å². The molecule has 1 heterocycles. The lowest BCUT2D eigenvalue weighted by atomic mass is 10.1. The lowest BCUT2D eigenvalue weighted by Gasteiger charge is -2.44. The maximum atomic E-state index is 13.6. The molecule has 0 aromatic heterocycles. The molecule has 1 amide bonds. The highest BCUT2D eigenvalue weighted by atomic mass is 19.1. The Kier molecular flexibility index (Phi) is 7.18. The van der Waals surface area contributed by atoms with E-state index in [1.807, 2.05) is 37.3 Å². The van der Waals surface area contributed by atoms with E-state index in [4.69, 9.17) is 9.47 Å². The molecule has 7 heteroatoms. The van der Waals surface area contributed by atoms with E-state index in [9.17, 15) is 14.0 Å². The number of esters is 1. The van der Waals surface area contributed by atoms with Gasteiger partial charge >= 0.3 is 12.1 Å². The van der Waals surface area contributed by atoms with E-state index < -0.39 is 30.4 Å². The molecule has 0 bridgehead atoms. The van der Waals surface area contributed by atoms with E-state index in [-0.39, 0.29) is 25.7 Å². The molecule has 27 heavy (non-hydrogen) atoms. The van der Waals surface area contributed by atoms with Crippen molar-refractivity contribution in [3.05, 3.63) is 35.9 Å². The Labute approximate surface area is 160 Å². The van der Waals surface area contributed by atoms with Gasteiger partial charge in [-0.2, -0.15) is 0 Å². The van der Waals surface area contributed by atoms with E-state index in [0.29, 0.717) is 6.54 Å². The maximum Gasteiger partial charge on any atom is 0.410 e. The van der Waals surface area contributed by atoms with Gasteiger partial charge in [-0.3, -0.25) is 9.69 Å². The summed E-state index contributed by atoms with van der Waals surface area (Å²) in [6.07, 6.45) is -0.459. The number of rotatable bonds is 5. The van der Waals surface area contributed by atoms with Crippen LogP contribution < -0.4 is 0 Å². The van der Waals surface area contributed by atoms with E-state index in [2.05, 4.69) is 0 Å². The Morgan fingerprint density at radius 3 is 2.44 bits per heavy atom. The van der Waals surface area contributed by atoms with Crippen LogP contribution in [-0.2, 0) is 20.9 Å². The van der Waals surface area contributed by atoms with E-state index in [1.165, 1.54) is 4.90 Å². The van der Waals surface area contributed by atoms with Gasteiger partial charge in [-0.05, 0) is 33.3 Å². The first kappa shape index (κ1) is 21.2. The van der Waals surface area contributed by atoms with Gasteiger partial charge in [0.1, 0.15) is 18.9 Å². The van der Waals surface area contributed by atoms with Gasteiger partial charge in [0.2, 0.25) is 0 Å². The van der Waals surface area contributed by atoms with Crippen LogP contribution >= 0.6 is 0 Å². The number of carbonyl (C=O) groups is 2. The monoisotopic (exact) mass is 380 g/mol. The third-order valence-corrected chi connectivity index (χ3v) is 4.34. The number of carbonyl (C=O) groups excluding carboxylic acids is 2. The number of ether oxygens (including phenoxy) is 2. The standard InChI is InChI=1S/C20H29FN2O4/c1-15-11-22(13-18(24)26-14-16-8-6-5-7-9-16)17(10-21)12-23(15)19(25)27-20(2,3)4/h5-9,15,17H,10-14H2,1-4H3. The number of piperazine rings is 1. The SMILES string of the molecule is CC1CN(CC(=O)OCc2ccccc2)C(CF)CN1C(=O)OC(C)(C)C. The van der Waals surface area contributed by atoms with Crippen LogP contribution in [0.15, 0.2) is 30.3 Å². The summed E-state index contributed by atoms with van der Waals surface area (Å²) in [6.45, 7) is 7.33. The van der Waals surface area contributed by atoms with Crippen molar-refractivity contribution in [2.45, 2.75) is 52.0 Å². The highest BCUT2D eigenvalue weighted by Crippen LogP contribution is 2.19. The fraction of sp³-hybridized carbons (Fsp3) is 0.600. The fourth-order valence-electron chi connectivity index (χ4n) is 2.97. The smallest absolute Gasteiger partial charge is 0.410 e. The Morgan fingerprint density at radius 2 is 1.85 bits per heavy atom. The number of benzene rings is 1. The van der Waals surface area contributed by atoms with Gasteiger partial charge in [0, 0.05) is 19.1 Å². The highest BCUT2D eigenvalue weighted by Gasteiger charge is 2.37. The lowest BCUT2D eigenvalue weighted by Crippen LogP contribution is -2.61. The Balaban J connectivity index is 1.90. The maximum absolute atomic E-state index is 13.6. The summed E-state index contributed by atoms with van der Waals surface area (Å²) in [5, 5.41) is 0. The van der Waals surface area contributed by atoms with E-state index in [1.54, 1.807) is 25.7 Å². The molecule has 1 aliphatic heterocycles. The molecule has 2 unspecified atom stereocenters. The topological polar surface area (TPSA) is 59.1 Å². The van der Waals surface area contributed by atoms with Crippen LogP contribution in [0, 0.1) is 0 Å². The Hall–Kier alpha value is -2.15. The zero-order valence-electron chi connectivity index (χ0n) is 16.5. The van der Waals surface area contributed by atoms with Crippen LogP contribution in [0.4, 0.5) is 9.18 Å². The zero-order chi connectivity index (χ0) is 20.0. The van der Waals surface area contributed by atoms with Crippen molar-refractivity contribution in [2.75, 3.05) is 26.3 Å². The summed E-state index contributed by atoms with van der Waals surface area (Å²) in [6, 6.07) is 8.64. The van der Waals surface area contributed by atoms with Crippen molar-refractivity contribution < 1.29 is 23.5 Å². The Bertz CT molecular complexity index is 633. The van der Waals surface area contributed by atoms with Gasteiger partial charge < -0.3 is 14.4 Å². The highest BCUT2D eigenvalue weighted by molar-refractivity contribution is 5.72. The molecule has 1 aromatic rings. The van der Waals surface area contributed by atoms with E-state index >= 15 is 0 Å². The lowest BCUT2D eigenvalue weighted by molar-refractivity contribution is -0.148. The number of hydrogen-bond acceptors (Lipinski definition) is 5. The van der Waals surface area contributed by atoms with Crippen molar-refractivity contribution in [2.24, 2.45) is 0 Å². The molecule has 1 aliphatic rings. The molecule has 1 fully saturated rings. The fourth-order valence-corrected chi connectivity index (χ4v) is 2.97. The minimum atomic E-state index is -0.655. The molecule has 150 valence electrons. The third-order valence-electron chi connectivity index (χ3n) is 4.34. The second-order valence-electron chi connectivity index (χ2n) is 7.87. The van der Waals surface area contributed by atoms with Crippen molar-refractivity contribution in [1.29, 1.82) is 0 Å². The molecule has 0 radical (unpaired) electrons. The van der Waals surface area contributed by atoms with Crippen molar-refractivity contribution in [3.63, 3.8) is 0 Å². The second-order valence-corrected chi connectivity index (χ2v) is 7.87. The first-order valence-electron chi connectivity index (χ1n) is 9.19. The molecule has 0 saturated carbocycles. The molecule has 2 atom stereocenters. The summed E-state index contributed by atoms with van der Waals surface area (Å²) in [5.74, 6) is -0.407. The molecular weight excluding hydrogens is 351 g/mol. The number of halogens is 1. The van der Waals surface area contributed by atoms with Crippen LogP contribution in [0.1, 0.15) is 33.3 Å². The number of hydrogen-bond donors (Lipinski definition) is 0. The van der Waals surface area contributed by atoms with Crippen LogP contribution in [0.2, 0.25) is 0 Å². The average molecular weight is 380 g/mol. The molecule has 0 N–H and O–H groups in total. The first-order chi connectivity index (χ1) is 12.7. The minimum Gasteiger partial charge on any atom is -0.460 e. The van der Waals surface area contributed by atoms with Gasteiger partial charge in [-0.15, -0.1) is 0 Å². The normalized spacial score (nSPS) is 21.0. The van der Waals surface area contributed by atoms with Gasteiger partial charge in [0.25, 0.3) is 0 Å². The molecule has 6 nitrogen and oxygen atoms in total.